The van der Waals surface area contributed by atoms with Gasteiger partial charge in [0.25, 0.3) is 0 Å². The smallest absolute Gasteiger partial charge is 0.0328 e. The Hall–Kier alpha value is -1.95. The van der Waals surface area contributed by atoms with Crippen molar-refractivity contribution in [1.29, 1.82) is 0 Å². The topological polar surface area (TPSA) is 20.2 Å². The van der Waals surface area contributed by atoms with E-state index in [-0.39, 0.29) is 17.1 Å². The third-order valence-electron chi connectivity index (χ3n) is 4.10. The fourth-order valence-electron chi connectivity index (χ4n) is 2.88. The second kappa shape index (κ2) is 11.0. The van der Waals surface area contributed by atoms with E-state index < -0.39 is 14.0 Å². The van der Waals surface area contributed by atoms with Crippen LogP contribution in [0.5, 0.6) is 0 Å². The van der Waals surface area contributed by atoms with E-state index >= 15 is 0 Å². The van der Waals surface area contributed by atoms with E-state index in [1.54, 1.807) is 0 Å². The molecule has 0 radical (unpaired) electrons. The van der Waals surface area contributed by atoms with Crippen LogP contribution in [-0.2, 0) is 17.1 Å². The summed E-state index contributed by atoms with van der Waals surface area (Å²) in [7, 11) is -0.622. The van der Waals surface area contributed by atoms with Crippen LogP contribution in [0.2, 0.25) is 0 Å². The Labute approximate surface area is 173 Å². The Morgan fingerprint density at radius 2 is 1.19 bits per heavy atom. The number of hydrogen-bond donors (Lipinski definition) is 1. The molecule has 4 aromatic rings. The molecule has 0 heterocycles. The van der Waals surface area contributed by atoms with Crippen molar-refractivity contribution in [3.8, 4) is 0 Å². The SMILES string of the molecule is C[C@@H](O)[c-]1cccc1P(c1ccccc1)c1ccccc1.[Fe].[cH-]1[cH-][cH-][cH-][cH-]1. The molecule has 1 atom stereocenters. The zero-order valence-corrected chi connectivity index (χ0v) is 17.2. The predicted octanol–water partition coefficient (Wildman–Crippen LogP) is 4.62. The zero-order valence-electron chi connectivity index (χ0n) is 15.2. The van der Waals surface area contributed by atoms with Crippen molar-refractivity contribution in [3.05, 3.63) is 115 Å². The van der Waals surface area contributed by atoms with Crippen molar-refractivity contribution in [2.24, 2.45) is 0 Å². The molecule has 0 aromatic heterocycles. The third kappa shape index (κ3) is 5.76. The number of rotatable bonds is 4. The van der Waals surface area contributed by atoms with Gasteiger partial charge in [-0.05, 0) is 25.5 Å². The number of aliphatic hydroxyl groups excluding tert-OH is 1. The van der Waals surface area contributed by atoms with Crippen LogP contribution in [0.1, 0.15) is 18.6 Å². The van der Waals surface area contributed by atoms with Gasteiger partial charge < -0.3 is 35.4 Å². The summed E-state index contributed by atoms with van der Waals surface area (Å²) in [6.07, 6.45) is -0.438. The normalized spacial score (nSPS) is 11.2. The van der Waals surface area contributed by atoms with Crippen molar-refractivity contribution >= 4 is 23.8 Å². The van der Waals surface area contributed by atoms with Gasteiger partial charge in [-0.3, -0.25) is 0 Å². The van der Waals surface area contributed by atoms with E-state index in [0.717, 1.165) is 5.56 Å². The van der Waals surface area contributed by atoms with Crippen molar-refractivity contribution in [1.82, 2.24) is 0 Å². The van der Waals surface area contributed by atoms with Crippen molar-refractivity contribution in [2.75, 3.05) is 0 Å². The van der Waals surface area contributed by atoms with E-state index in [4.69, 9.17) is 0 Å². The van der Waals surface area contributed by atoms with Gasteiger partial charge in [-0.15, -0.1) is 10.9 Å². The number of benzene rings is 2. The van der Waals surface area contributed by atoms with Gasteiger partial charge in [-0.25, -0.2) is 12.1 Å². The summed E-state index contributed by atoms with van der Waals surface area (Å²) in [4.78, 5) is 0. The molecular weight excluding hydrogens is 391 g/mol. The fraction of sp³-hybridized carbons (Fsp3) is 0.0833. The molecule has 0 amide bonds. The van der Waals surface area contributed by atoms with E-state index in [2.05, 4.69) is 54.6 Å². The van der Waals surface area contributed by atoms with Gasteiger partial charge in [-0.2, -0.15) is 6.07 Å². The average molecular weight is 414 g/mol. The molecule has 0 spiro atoms. The quantitative estimate of drug-likeness (QED) is 0.294. The first-order chi connectivity index (χ1) is 12.8. The molecular formula is C24H23FeOP-6. The summed E-state index contributed by atoms with van der Waals surface area (Å²) in [5, 5.41) is 13.9. The van der Waals surface area contributed by atoms with Crippen LogP contribution in [-0.4, -0.2) is 5.11 Å². The maximum atomic E-state index is 10.0. The number of hydrogen-bond acceptors (Lipinski definition) is 1. The molecule has 0 saturated carbocycles. The van der Waals surface area contributed by atoms with Crippen molar-refractivity contribution in [2.45, 2.75) is 13.0 Å². The van der Waals surface area contributed by atoms with Gasteiger partial charge in [0.2, 0.25) is 0 Å². The molecule has 4 rings (SSSR count). The molecule has 4 aromatic carbocycles. The Morgan fingerprint density at radius 3 is 1.59 bits per heavy atom. The summed E-state index contributed by atoms with van der Waals surface area (Å²) < 4.78 is 0. The molecule has 1 nitrogen and oxygen atoms in total. The second-order valence-electron chi connectivity index (χ2n) is 6.01. The zero-order chi connectivity index (χ0) is 18.2. The van der Waals surface area contributed by atoms with Crippen LogP contribution in [0.4, 0.5) is 0 Å². The van der Waals surface area contributed by atoms with E-state index in [1.807, 2.05) is 61.5 Å². The van der Waals surface area contributed by atoms with Gasteiger partial charge in [0.15, 0.2) is 0 Å². The molecule has 0 aliphatic rings. The summed E-state index contributed by atoms with van der Waals surface area (Å²) in [5.74, 6) is 0. The Bertz CT molecular complexity index is 810. The van der Waals surface area contributed by atoms with Crippen LogP contribution in [0.3, 0.4) is 0 Å². The van der Waals surface area contributed by atoms with Gasteiger partial charge in [0.05, 0.1) is 0 Å². The Kier molecular flexibility index (Phi) is 8.71. The largest absolute Gasteiger partial charge is 0.748 e. The molecule has 0 fully saturated rings. The van der Waals surface area contributed by atoms with Crippen LogP contribution in [0, 0.1) is 0 Å². The van der Waals surface area contributed by atoms with E-state index in [0.29, 0.717) is 0 Å². The summed E-state index contributed by atoms with van der Waals surface area (Å²) in [5.41, 5.74) is 1.04. The maximum Gasteiger partial charge on any atom is 0.0328 e. The maximum absolute atomic E-state index is 10.0. The van der Waals surface area contributed by atoms with Crippen molar-refractivity contribution in [3.63, 3.8) is 0 Å². The number of aliphatic hydroxyl groups is 1. The third-order valence-corrected chi connectivity index (χ3v) is 6.62. The summed E-state index contributed by atoms with van der Waals surface area (Å²) in [6.45, 7) is 1.84. The van der Waals surface area contributed by atoms with Crippen molar-refractivity contribution < 1.29 is 22.2 Å². The minimum atomic E-state index is -0.622. The Balaban J connectivity index is 0.000000379. The molecule has 3 heteroatoms. The summed E-state index contributed by atoms with van der Waals surface area (Å²) >= 11 is 0. The summed E-state index contributed by atoms with van der Waals surface area (Å²) in [6, 6.07) is 37.3. The first-order valence-electron chi connectivity index (χ1n) is 8.78. The molecule has 0 aliphatic heterocycles. The van der Waals surface area contributed by atoms with Crippen LogP contribution < -0.4 is 15.9 Å². The molecule has 0 unspecified atom stereocenters. The minimum Gasteiger partial charge on any atom is -0.748 e. The van der Waals surface area contributed by atoms with Gasteiger partial charge in [0, 0.05) is 23.2 Å². The van der Waals surface area contributed by atoms with E-state index in [9.17, 15) is 5.11 Å². The molecule has 144 valence electrons. The monoisotopic (exact) mass is 414 g/mol. The van der Waals surface area contributed by atoms with Crippen LogP contribution in [0.15, 0.2) is 109 Å². The second-order valence-corrected chi connectivity index (χ2v) is 8.20. The van der Waals surface area contributed by atoms with Gasteiger partial charge in [0.1, 0.15) is 0 Å². The van der Waals surface area contributed by atoms with Gasteiger partial charge >= 0.3 is 0 Å². The minimum absolute atomic E-state index is 0. The molecule has 0 bridgehead atoms. The Morgan fingerprint density at radius 1 is 0.741 bits per heavy atom. The van der Waals surface area contributed by atoms with Crippen LogP contribution in [0.25, 0.3) is 0 Å². The first kappa shape index (κ1) is 21.4. The fourth-order valence-corrected chi connectivity index (χ4v) is 5.43. The molecule has 0 aliphatic carbocycles. The molecule has 0 saturated heterocycles. The first-order valence-corrected chi connectivity index (χ1v) is 10.1. The molecule has 1 N–H and O–H groups in total. The standard InChI is InChI=1S/C19H18OP.C5H5.Fe/c1-15(20)18-13-8-14-19(18)21(16-9-4-2-5-10-16)17-11-6-3-7-12-17;1-2-4-5-3-1;/h2-15,20H,1H3;1-5H;/q-1;-5;/t15-;;/m1../s1. The van der Waals surface area contributed by atoms with Crippen LogP contribution >= 0.6 is 7.92 Å². The average Bonchev–Trinajstić information content (AvgIpc) is 3.39. The van der Waals surface area contributed by atoms with Gasteiger partial charge in [-0.1, -0.05) is 60.7 Å². The molecule has 27 heavy (non-hydrogen) atoms. The van der Waals surface area contributed by atoms with E-state index in [1.165, 1.54) is 15.9 Å². The predicted molar refractivity (Wildman–Crippen MR) is 113 cm³/mol.